The number of hydrogen-bond acceptors (Lipinski definition) is 4. The highest BCUT2D eigenvalue weighted by Gasteiger charge is 2.07. The number of nitrogens with two attached hydrogens (primary N) is 2. The summed E-state index contributed by atoms with van der Waals surface area (Å²) < 4.78 is 0. The molecule has 1 amide bonds. The Morgan fingerprint density at radius 2 is 2.08 bits per heavy atom. The van der Waals surface area contributed by atoms with Gasteiger partial charge in [-0.2, -0.15) is 5.26 Å². The average Bonchev–Trinajstić information content (AvgIpc) is 2.59. The molecule has 0 saturated heterocycles. The van der Waals surface area contributed by atoms with Crippen LogP contribution in [0, 0.1) is 11.3 Å². The Kier molecular flexibility index (Phi) is 12.7. The van der Waals surface area contributed by atoms with Crippen LogP contribution < -0.4 is 16.8 Å². The maximum atomic E-state index is 11.8. The van der Waals surface area contributed by atoms with Crippen molar-refractivity contribution in [2.75, 3.05) is 0 Å². The Hall–Kier alpha value is -2.48. The Balaban J connectivity index is 0.00000254. The van der Waals surface area contributed by atoms with E-state index in [1.54, 1.807) is 12.2 Å². The van der Waals surface area contributed by atoms with Gasteiger partial charge in [-0.3, -0.25) is 4.79 Å². The van der Waals surface area contributed by atoms with Gasteiger partial charge in [0.2, 0.25) is 5.91 Å². The van der Waals surface area contributed by atoms with Crippen LogP contribution >= 0.6 is 0 Å². The van der Waals surface area contributed by atoms with Crippen molar-refractivity contribution in [3.05, 3.63) is 47.5 Å². The van der Waals surface area contributed by atoms with Crippen molar-refractivity contribution in [1.29, 1.82) is 5.26 Å². The Morgan fingerprint density at radius 3 is 2.71 bits per heavy atom. The Morgan fingerprint density at radius 1 is 1.33 bits per heavy atom. The number of hydrogen-bond donors (Lipinski definition) is 3. The maximum Gasteiger partial charge on any atom is 0.229 e. The fraction of sp³-hybridized carbons (Fsp3) is 0.474. The molecule has 0 bridgehead atoms. The molecule has 0 aliphatic heterocycles. The molecule has 0 heterocycles. The summed E-state index contributed by atoms with van der Waals surface area (Å²) in [7, 11) is 0. The summed E-state index contributed by atoms with van der Waals surface area (Å²) in [6.07, 6.45) is 14.6. The standard InChI is InChI=1S/C17H24N4O.C2H6/c18-12-6-2-5-9-15(19)10-11-16(20)21-17(22)13-14-7-3-1-4-8-14;1-2/h1,3,7,10-11H,2,4-6,8-9,13,19-20H2,(H,21,22);1-2H3/b15-10-,16-11+;. The van der Waals surface area contributed by atoms with E-state index in [0.717, 1.165) is 37.7 Å². The normalized spacial score (nSPS) is 14.1. The summed E-state index contributed by atoms with van der Waals surface area (Å²) in [6, 6.07) is 2.10. The number of nitrogens with zero attached hydrogens (tertiary/aromatic N) is 1. The monoisotopic (exact) mass is 330 g/mol. The molecule has 132 valence electrons. The largest absolute Gasteiger partial charge is 0.402 e. The molecule has 0 unspecified atom stereocenters. The van der Waals surface area contributed by atoms with Crippen LogP contribution in [0.1, 0.15) is 58.8 Å². The van der Waals surface area contributed by atoms with Gasteiger partial charge in [0.1, 0.15) is 5.82 Å². The van der Waals surface area contributed by atoms with Crippen molar-refractivity contribution >= 4 is 5.91 Å². The van der Waals surface area contributed by atoms with Gasteiger partial charge in [0.15, 0.2) is 0 Å². The van der Waals surface area contributed by atoms with E-state index in [2.05, 4.69) is 17.5 Å². The summed E-state index contributed by atoms with van der Waals surface area (Å²) in [5.41, 5.74) is 13.4. The third-order valence-electron chi connectivity index (χ3n) is 3.25. The van der Waals surface area contributed by atoms with E-state index >= 15 is 0 Å². The van der Waals surface area contributed by atoms with E-state index in [4.69, 9.17) is 16.7 Å². The summed E-state index contributed by atoms with van der Waals surface area (Å²) >= 11 is 0. The second-order valence-corrected chi connectivity index (χ2v) is 5.25. The summed E-state index contributed by atoms with van der Waals surface area (Å²) in [5, 5.41) is 11.1. The van der Waals surface area contributed by atoms with Crippen LogP contribution in [0.2, 0.25) is 0 Å². The van der Waals surface area contributed by atoms with Gasteiger partial charge in [0.25, 0.3) is 0 Å². The van der Waals surface area contributed by atoms with Gasteiger partial charge >= 0.3 is 0 Å². The minimum Gasteiger partial charge on any atom is -0.402 e. The number of nitriles is 1. The summed E-state index contributed by atoms with van der Waals surface area (Å²) in [5.74, 6) is 0.174. The summed E-state index contributed by atoms with van der Waals surface area (Å²) in [6.45, 7) is 4.00. The van der Waals surface area contributed by atoms with Crippen molar-refractivity contribution < 1.29 is 4.79 Å². The molecule has 0 radical (unpaired) electrons. The molecule has 0 atom stereocenters. The zero-order valence-corrected chi connectivity index (χ0v) is 14.8. The molecule has 0 fully saturated rings. The van der Waals surface area contributed by atoms with Crippen molar-refractivity contribution in [3.63, 3.8) is 0 Å². The molecule has 1 aliphatic rings. The first-order valence-electron chi connectivity index (χ1n) is 8.55. The predicted molar refractivity (Wildman–Crippen MR) is 99.2 cm³/mol. The second-order valence-electron chi connectivity index (χ2n) is 5.25. The average molecular weight is 330 g/mol. The number of rotatable bonds is 8. The van der Waals surface area contributed by atoms with Crippen LogP contribution in [-0.4, -0.2) is 5.91 Å². The predicted octanol–water partition coefficient (Wildman–Crippen LogP) is 3.52. The molecular weight excluding hydrogens is 300 g/mol. The molecule has 24 heavy (non-hydrogen) atoms. The number of nitrogens with one attached hydrogen (secondary N) is 1. The highest BCUT2D eigenvalue weighted by atomic mass is 16.1. The van der Waals surface area contributed by atoms with Gasteiger partial charge < -0.3 is 16.8 Å². The number of unbranched alkanes of at least 4 members (excludes halogenated alkanes) is 2. The molecule has 0 saturated carbocycles. The van der Waals surface area contributed by atoms with Crippen LogP contribution in [0.3, 0.4) is 0 Å². The first-order valence-corrected chi connectivity index (χ1v) is 8.55. The number of allylic oxidation sites excluding steroid dienone is 6. The molecule has 0 aromatic carbocycles. The second kappa shape index (κ2) is 14.1. The fourth-order valence-corrected chi connectivity index (χ4v) is 2.07. The third-order valence-corrected chi connectivity index (χ3v) is 3.25. The molecule has 1 rings (SSSR count). The van der Waals surface area contributed by atoms with Crippen LogP contribution in [0.5, 0.6) is 0 Å². The molecular formula is C19H30N4O. The Bertz CT molecular complexity index is 536. The van der Waals surface area contributed by atoms with Gasteiger partial charge in [-0.05, 0) is 44.3 Å². The Labute approximate surface area is 145 Å². The molecule has 5 heteroatoms. The zero-order chi connectivity index (χ0) is 18.2. The zero-order valence-electron chi connectivity index (χ0n) is 14.8. The number of carbonyl (C=O) groups is 1. The first kappa shape index (κ1) is 21.5. The van der Waals surface area contributed by atoms with Crippen molar-refractivity contribution in [3.8, 4) is 6.07 Å². The van der Waals surface area contributed by atoms with Crippen molar-refractivity contribution in [2.24, 2.45) is 11.5 Å². The van der Waals surface area contributed by atoms with Gasteiger partial charge in [-0.1, -0.05) is 37.6 Å². The topological polar surface area (TPSA) is 105 Å². The van der Waals surface area contributed by atoms with Gasteiger partial charge in [-0.25, -0.2) is 0 Å². The van der Waals surface area contributed by atoms with E-state index in [0.29, 0.717) is 18.5 Å². The lowest BCUT2D eigenvalue weighted by atomic mass is 10.0. The lowest BCUT2D eigenvalue weighted by Crippen LogP contribution is -2.27. The van der Waals surface area contributed by atoms with Gasteiger partial charge in [0.05, 0.1) is 6.07 Å². The fourth-order valence-electron chi connectivity index (χ4n) is 2.07. The molecule has 5 N–H and O–H groups in total. The first-order chi connectivity index (χ1) is 11.6. The van der Waals surface area contributed by atoms with E-state index in [9.17, 15) is 4.79 Å². The molecule has 0 aromatic rings. The highest BCUT2D eigenvalue weighted by molar-refractivity contribution is 5.80. The minimum absolute atomic E-state index is 0.115. The van der Waals surface area contributed by atoms with E-state index in [-0.39, 0.29) is 11.7 Å². The highest BCUT2D eigenvalue weighted by Crippen LogP contribution is 2.15. The number of amides is 1. The number of carbonyl (C=O) groups excluding carboxylic acids is 1. The molecule has 1 aliphatic carbocycles. The molecule has 0 spiro atoms. The quantitative estimate of drug-likeness (QED) is 0.467. The van der Waals surface area contributed by atoms with E-state index in [1.807, 2.05) is 26.0 Å². The lowest BCUT2D eigenvalue weighted by Gasteiger charge is -2.09. The van der Waals surface area contributed by atoms with Crippen molar-refractivity contribution in [2.45, 2.75) is 58.8 Å². The molecule has 0 aromatic heterocycles. The van der Waals surface area contributed by atoms with Crippen LogP contribution in [0.15, 0.2) is 47.5 Å². The smallest absolute Gasteiger partial charge is 0.229 e. The summed E-state index contributed by atoms with van der Waals surface area (Å²) in [4.78, 5) is 11.8. The van der Waals surface area contributed by atoms with E-state index < -0.39 is 0 Å². The third kappa shape index (κ3) is 11.1. The van der Waals surface area contributed by atoms with Gasteiger partial charge in [0, 0.05) is 18.5 Å². The van der Waals surface area contributed by atoms with E-state index in [1.165, 1.54) is 0 Å². The van der Waals surface area contributed by atoms with Crippen LogP contribution in [0.4, 0.5) is 0 Å². The van der Waals surface area contributed by atoms with Crippen molar-refractivity contribution in [1.82, 2.24) is 5.32 Å². The van der Waals surface area contributed by atoms with Crippen LogP contribution in [-0.2, 0) is 4.79 Å². The lowest BCUT2D eigenvalue weighted by molar-refractivity contribution is -0.119. The van der Waals surface area contributed by atoms with Gasteiger partial charge in [-0.15, -0.1) is 0 Å². The molecule has 5 nitrogen and oxygen atoms in total. The van der Waals surface area contributed by atoms with Crippen LogP contribution in [0.25, 0.3) is 0 Å². The minimum atomic E-state index is -0.115. The SMILES string of the molecule is CC.N#CCCCC/C(N)=C/C=C(\N)NC(=O)CC1=CC=CCC1. The maximum absolute atomic E-state index is 11.8.